The zero-order valence-electron chi connectivity index (χ0n) is 18.8. The number of thioether (sulfide) groups is 1. The third kappa shape index (κ3) is 6.15. The Morgan fingerprint density at radius 3 is 2.19 bits per heavy atom. The van der Waals surface area contributed by atoms with Crippen LogP contribution in [0.3, 0.4) is 0 Å². The Morgan fingerprint density at radius 2 is 1.61 bits per heavy atom. The van der Waals surface area contributed by atoms with E-state index in [0.29, 0.717) is 26.6 Å². The Labute approximate surface area is 218 Å². The normalized spacial score (nSPS) is 11.5. The third-order valence-electron chi connectivity index (χ3n) is 4.84. The predicted molar refractivity (Wildman–Crippen MR) is 132 cm³/mol. The topological polar surface area (TPSA) is 85.6 Å². The molecule has 0 saturated heterocycles. The Kier molecular flexibility index (Phi) is 7.53. The maximum Gasteiger partial charge on any atom is 0.416 e. The number of halogens is 5. The van der Waals surface area contributed by atoms with Gasteiger partial charge in [-0.1, -0.05) is 40.2 Å². The monoisotopic (exact) mass is 552 g/mol. The molecule has 0 fully saturated rings. The van der Waals surface area contributed by atoms with Crippen LogP contribution in [-0.2, 0) is 11.9 Å². The van der Waals surface area contributed by atoms with E-state index >= 15 is 0 Å². The molecule has 0 unspecified atom stereocenters. The molecule has 0 aliphatic heterocycles. The summed E-state index contributed by atoms with van der Waals surface area (Å²) in [6.07, 6.45) is -4.48. The summed E-state index contributed by atoms with van der Waals surface area (Å²) < 4.78 is 40.0. The van der Waals surface area contributed by atoms with Gasteiger partial charge in [-0.3, -0.25) is 4.79 Å². The molecule has 0 bridgehead atoms. The lowest BCUT2D eigenvalue weighted by atomic mass is 10.2. The summed E-state index contributed by atoms with van der Waals surface area (Å²) in [7, 11) is 0. The van der Waals surface area contributed by atoms with Crippen molar-refractivity contribution in [3.8, 4) is 5.69 Å². The lowest BCUT2D eigenvalue weighted by molar-refractivity contribution is -0.137. The molecular weight excluding hydrogens is 536 g/mol. The van der Waals surface area contributed by atoms with Crippen molar-refractivity contribution in [1.29, 1.82) is 0 Å². The second-order valence-electron chi connectivity index (χ2n) is 7.68. The zero-order chi connectivity index (χ0) is 26.0. The van der Waals surface area contributed by atoms with Crippen molar-refractivity contribution in [3.63, 3.8) is 0 Å². The van der Waals surface area contributed by atoms with E-state index in [2.05, 4.69) is 25.6 Å². The average Bonchev–Trinajstić information content (AvgIpc) is 3.20. The smallest absolute Gasteiger partial charge is 0.321 e. The highest BCUT2D eigenvalue weighted by Crippen LogP contribution is 2.30. The van der Waals surface area contributed by atoms with E-state index < -0.39 is 17.6 Å². The average molecular weight is 553 g/mol. The standard InChI is InChI=1S/C23H17Cl2F3N6OS/c1-12-7-13(2)30-22(29-12)36-11-19-20(32-33-34(19)18-9-15(24)8-16(25)10-18)21(35)31-17-5-3-14(4-6-17)23(26,27)28/h3-10H,11H2,1-2H3,(H,31,35). The Bertz CT molecular complexity index is 1390. The molecule has 2 heterocycles. The summed E-state index contributed by atoms with van der Waals surface area (Å²) >= 11 is 13.6. The van der Waals surface area contributed by atoms with Gasteiger partial charge < -0.3 is 5.32 Å². The number of rotatable bonds is 6. The lowest BCUT2D eigenvalue weighted by Gasteiger charge is -2.10. The first-order chi connectivity index (χ1) is 17.0. The molecule has 0 spiro atoms. The molecule has 4 aromatic rings. The van der Waals surface area contributed by atoms with E-state index in [1.165, 1.54) is 28.6 Å². The molecule has 0 aliphatic rings. The van der Waals surface area contributed by atoms with Gasteiger partial charge in [-0.15, -0.1) is 5.10 Å². The Hall–Kier alpha value is -3.15. The molecule has 2 aromatic carbocycles. The van der Waals surface area contributed by atoms with Crippen LogP contribution in [0.15, 0.2) is 53.7 Å². The number of carbonyl (C=O) groups is 1. The van der Waals surface area contributed by atoms with E-state index in [4.69, 9.17) is 23.2 Å². The number of hydrogen-bond acceptors (Lipinski definition) is 6. The number of nitrogens with zero attached hydrogens (tertiary/aromatic N) is 5. The van der Waals surface area contributed by atoms with E-state index in [1.54, 1.807) is 18.2 Å². The lowest BCUT2D eigenvalue weighted by Crippen LogP contribution is -2.15. The summed E-state index contributed by atoms with van der Waals surface area (Å²) in [5.41, 5.74) is 1.77. The SMILES string of the molecule is Cc1cc(C)nc(SCc2c(C(=O)Nc3ccc(C(F)(F)F)cc3)nnn2-c2cc(Cl)cc(Cl)c2)n1. The van der Waals surface area contributed by atoms with Gasteiger partial charge in [0, 0.05) is 32.9 Å². The molecule has 0 aliphatic carbocycles. The van der Waals surface area contributed by atoms with Gasteiger partial charge in [0.1, 0.15) is 0 Å². The van der Waals surface area contributed by atoms with Crippen LogP contribution < -0.4 is 5.32 Å². The minimum absolute atomic E-state index is 0.0251. The molecule has 36 heavy (non-hydrogen) atoms. The van der Waals surface area contributed by atoms with Gasteiger partial charge in [-0.05, 0) is 62.4 Å². The molecule has 13 heteroatoms. The van der Waals surface area contributed by atoms with Crippen LogP contribution in [0.1, 0.15) is 33.1 Å². The number of anilines is 1. The first kappa shape index (κ1) is 25.9. The van der Waals surface area contributed by atoms with Crippen molar-refractivity contribution < 1.29 is 18.0 Å². The van der Waals surface area contributed by atoms with Crippen LogP contribution in [0.2, 0.25) is 10.0 Å². The van der Waals surface area contributed by atoms with Crippen LogP contribution in [0.5, 0.6) is 0 Å². The summed E-state index contributed by atoms with van der Waals surface area (Å²) in [6.45, 7) is 3.70. The molecule has 4 rings (SSSR count). The second-order valence-corrected chi connectivity index (χ2v) is 9.49. The number of benzene rings is 2. The minimum Gasteiger partial charge on any atom is -0.321 e. The van der Waals surface area contributed by atoms with Crippen molar-refractivity contribution in [2.24, 2.45) is 0 Å². The van der Waals surface area contributed by atoms with Crippen LogP contribution in [-0.4, -0.2) is 30.9 Å². The predicted octanol–water partition coefficient (Wildman–Crippen LogP) is 6.54. The summed E-state index contributed by atoms with van der Waals surface area (Å²) in [4.78, 5) is 21.9. The number of amides is 1. The second kappa shape index (κ2) is 10.5. The number of hydrogen-bond donors (Lipinski definition) is 1. The first-order valence-corrected chi connectivity index (χ1v) is 12.1. The van der Waals surface area contributed by atoms with Crippen LogP contribution in [0.25, 0.3) is 5.69 Å². The van der Waals surface area contributed by atoms with Crippen molar-refractivity contribution in [1.82, 2.24) is 25.0 Å². The number of carbonyl (C=O) groups excluding carboxylic acids is 1. The number of aromatic nitrogens is 5. The van der Waals surface area contributed by atoms with Gasteiger partial charge in [0.25, 0.3) is 5.91 Å². The number of aryl methyl sites for hydroxylation is 2. The summed E-state index contributed by atoms with van der Waals surface area (Å²) in [5, 5.41) is 11.9. The van der Waals surface area contributed by atoms with Gasteiger partial charge in [0.2, 0.25) is 0 Å². The maximum absolute atomic E-state index is 13.1. The van der Waals surface area contributed by atoms with Gasteiger partial charge >= 0.3 is 6.18 Å². The molecule has 0 radical (unpaired) electrons. The molecule has 0 saturated carbocycles. The van der Waals surface area contributed by atoms with Crippen molar-refractivity contribution >= 4 is 46.6 Å². The molecule has 186 valence electrons. The van der Waals surface area contributed by atoms with Crippen LogP contribution in [0.4, 0.5) is 18.9 Å². The highest BCUT2D eigenvalue weighted by atomic mass is 35.5. The number of nitrogens with one attached hydrogen (secondary N) is 1. The molecule has 7 nitrogen and oxygen atoms in total. The quantitative estimate of drug-likeness (QED) is 0.216. The highest BCUT2D eigenvalue weighted by Gasteiger charge is 2.30. The molecule has 1 N–H and O–H groups in total. The fourth-order valence-corrected chi connectivity index (χ4v) is 4.76. The van der Waals surface area contributed by atoms with Crippen molar-refractivity contribution in [2.75, 3.05) is 5.32 Å². The first-order valence-electron chi connectivity index (χ1n) is 10.3. The van der Waals surface area contributed by atoms with Crippen LogP contribution >= 0.6 is 35.0 Å². The van der Waals surface area contributed by atoms with E-state index in [1.807, 2.05) is 19.9 Å². The van der Waals surface area contributed by atoms with Crippen molar-refractivity contribution in [2.45, 2.75) is 30.9 Å². The fraction of sp³-hybridized carbons (Fsp3) is 0.174. The molecular formula is C23H17Cl2F3N6OS. The molecule has 0 atom stereocenters. The van der Waals surface area contributed by atoms with Gasteiger partial charge in [0.15, 0.2) is 10.9 Å². The fourth-order valence-electron chi connectivity index (χ4n) is 3.30. The third-order valence-corrected chi connectivity index (χ3v) is 6.13. The van der Waals surface area contributed by atoms with E-state index in [9.17, 15) is 18.0 Å². The zero-order valence-corrected chi connectivity index (χ0v) is 21.1. The minimum atomic E-state index is -4.48. The Morgan fingerprint density at radius 1 is 1.00 bits per heavy atom. The summed E-state index contributed by atoms with van der Waals surface area (Å²) in [6, 6.07) is 10.7. The maximum atomic E-state index is 13.1. The molecule has 1 amide bonds. The Balaban J connectivity index is 1.67. The van der Waals surface area contributed by atoms with Gasteiger partial charge in [0.05, 0.1) is 16.9 Å². The van der Waals surface area contributed by atoms with E-state index in [0.717, 1.165) is 23.5 Å². The highest BCUT2D eigenvalue weighted by molar-refractivity contribution is 7.98. The molecule has 2 aromatic heterocycles. The summed E-state index contributed by atoms with van der Waals surface area (Å²) in [5.74, 6) is -0.443. The van der Waals surface area contributed by atoms with Gasteiger partial charge in [-0.2, -0.15) is 13.2 Å². The largest absolute Gasteiger partial charge is 0.416 e. The van der Waals surface area contributed by atoms with Crippen LogP contribution in [0, 0.1) is 13.8 Å². The van der Waals surface area contributed by atoms with Gasteiger partial charge in [-0.25, -0.2) is 14.6 Å². The van der Waals surface area contributed by atoms with E-state index in [-0.39, 0.29) is 17.1 Å². The van der Waals surface area contributed by atoms with Crippen molar-refractivity contribution in [3.05, 3.63) is 86.9 Å². The number of alkyl halides is 3.